The number of carboxylic acids is 1. The summed E-state index contributed by atoms with van der Waals surface area (Å²) in [5.41, 5.74) is 1.95. The van der Waals surface area contributed by atoms with E-state index >= 15 is 0 Å². The van der Waals surface area contributed by atoms with E-state index in [-0.39, 0.29) is 5.54 Å². The maximum atomic E-state index is 11.4. The quantitative estimate of drug-likeness (QED) is 0.894. The maximum absolute atomic E-state index is 11.4. The normalized spacial score (nSPS) is 22.8. The smallest absolute Gasteiger partial charge is 0.326 e. The Morgan fingerprint density at radius 3 is 2.74 bits per heavy atom. The Labute approximate surface area is 119 Å². The van der Waals surface area contributed by atoms with Crippen LogP contribution < -0.4 is 4.90 Å². The molecule has 1 N–H and O–H groups in total. The molecule has 2 atom stereocenters. The molecule has 0 aliphatic carbocycles. The van der Waals surface area contributed by atoms with E-state index in [9.17, 15) is 9.90 Å². The van der Waals surface area contributed by atoms with E-state index in [4.69, 9.17) is 11.6 Å². The van der Waals surface area contributed by atoms with E-state index in [1.165, 1.54) is 0 Å². The van der Waals surface area contributed by atoms with Gasteiger partial charge in [-0.25, -0.2) is 4.79 Å². The lowest BCUT2D eigenvalue weighted by atomic mass is 9.79. The van der Waals surface area contributed by atoms with Crippen molar-refractivity contribution in [3.8, 4) is 0 Å². The standard InChI is InChI=1S/C15H20ClNO2/c1-9-8-15(3,4)17(10(2)14(18)19)13-6-5-11(16)7-12(9)13/h5-7,9-10H,8H2,1-4H3,(H,18,19)/t9-,10+/m0/s1. The molecule has 0 spiro atoms. The fourth-order valence-electron chi connectivity index (χ4n) is 3.27. The number of fused-ring (bicyclic) bond motifs is 1. The zero-order valence-corrected chi connectivity index (χ0v) is 12.5. The molecular weight excluding hydrogens is 262 g/mol. The lowest BCUT2D eigenvalue weighted by molar-refractivity contribution is -0.138. The van der Waals surface area contributed by atoms with Crippen LogP contribution in [-0.4, -0.2) is 22.7 Å². The third kappa shape index (κ3) is 2.44. The predicted molar refractivity (Wildman–Crippen MR) is 78.1 cm³/mol. The van der Waals surface area contributed by atoms with Gasteiger partial charge < -0.3 is 10.0 Å². The molecule has 0 saturated carbocycles. The van der Waals surface area contributed by atoms with E-state index in [0.29, 0.717) is 10.9 Å². The molecule has 104 valence electrons. The summed E-state index contributed by atoms with van der Waals surface area (Å²) in [6, 6.07) is 5.17. The number of hydrogen-bond donors (Lipinski definition) is 1. The van der Waals surface area contributed by atoms with E-state index in [1.807, 2.05) is 23.1 Å². The van der Waals surface area contributed by atoms with Crippen LogP contribution in [0.1, 0.15) is 45.6 Å². The molecule has 2 rings (SSSR count). The van der Waals surface area contributed by atoms with Crippen LogP contribution in [0.4, 0.5) is 5.69 Å². The van der Waals surface area contributed by atoms with E-state index < -0.39 is 12.0 Å². The molecule has 0 amide bonds. The molecule has 1 aliphatic rings. The van der Waals surface area contributed by atoms with E-state index in [1.54, 1.807) is 6.92 Å². The highest BCUT2D eigenvalue weighted by Crippen LogP contribution is 2.45. The van der Waals surface area contributed by atoms with Gasteiger partial charge in [0.15, 0.2) is 0 Å². The number of anilines is 1. The average molecular weight is 282 g/mol. The van der Waals surface area contributed by atoms with Gasteiger partial charge in [-0.2, -0.15) is 0 Å². The van der Waals surface area contributed by atoms with Gasteiger partial charge >= 0.3 is 5.97 Å². The van der Waals surface area contributed by atoms with Crippen molar-refractivity contribution in [3.05, 3.63) is 28.8 Å². The zero-order chi connectivity index (χ0) is 14.4. The molecule has 4 heteroatoms. The number of aliphatic carboxylic acids is 1. The first-order chi connectivity index (χ1) is 8.74. The summed E-state index contributed by atoms with van der Waals surface area (Å²) in [6.45, 7) is 8.10. The minimum Gasteiger partial charge on any atom is -0.480 e. The number of nitrogens with zero attached hydrogens (tertiary/aromatic N) is 1. The second-order valence-electron chi connectivity index (χ2n) is 6.00. The van der Waals surface area contributed by atoms with Crippen LogP contribution in [0.3, 0.4) is 0 Å². The lowest BCUT2D eigenvalue weighted by Crippen LogP contribution is -2.55. The first kappa shape index (κ1) is 14.2. The van der Waals surface area contributed by atoms with Crippen LogP contribution in [0, 0.1) is 0 Å². The van der Waals surface area contributed by atoms with Gasteiger partial charge in [-0.1, -0.05) is 18.5 Å². The molecule has 0 unspecified atom stereocenters. The van der Waals surface area contributed by atoms with Crippen LogP contribution in [0.25, 0.3) is 0 Å². The molecule has 0 bridgehead atoms. The zero-order valence-electron chi connectivity index (χ0n) is 11.8. The molecule has 19 heavy (non-hydrogen) atoms. The monoisotopic (exact) mass is 281 g/mol. The van der Waals surface area contributed by atoms with Gasteiger partial charge in [0, 0.05) is 16.2 Å². The largest absolute Gasteiger partial charge is 0.480 e. The van der Waals surface area contributed by atoms with Crippen molar-refractivity contribution in [3.63, 3.8) is 0 Å². The van der Waals surface area contributed by atoms with Crippen molar-refractivity contribution in [2.75, 3.05) is 4.90 Å². The highest BCUT2D eigenvalue weighted by atomic mass is 35.5. The molecule has 1 aliphatic heterocycles. The Morgan fingerprint density at radius 2 is 2.16 bits per heavy atom. The van der Waals surface area contributed by atoms with Crippen LogP contribution in [0.15, 0.2) is 18.2 Å². The first-order valence-electron chi connectivity index (χ1n) is 6.55. The fraction of sp³-hybridized carbons (Fsp3) is 0.533. The summed E-state index contributed by atoms with van der Waals surface area (Å²) in [7, 11) is 0. The van der Waals surface area contributed by atoms with E-state index in [0.717, 1.165) is 17.7 Å². The Balaban J connectivity index is 2.58. The van der Waals surface area contributed by atoms with Gasteiger partial charge in [-0.3, -0.25) is 0 Å². The fourth-order valence-corrected chi connectivity index (χ4v) is 3.45. The Kier molecular flexibility index (Phi) is 3.52. The summed E-state index contributed by atoms with van der Waals surface area (Å²) in [6.07, 6.45) is 0.915. The van der Waals surface area contributed by atoms with Crippen molar-refractivity contribution in [1.29, 1.82) is 0 Å². The average Bonchev–Trinajstić information content (AvgIpc) is 2.28. The number of carboxylic acid groups (broad SMARTS) is 1. The van der Waals surface area contributed by atoms with Crippen molar-refractivity contribution in [1.82, 2.24) is 0 Å². The van der Waals surface area contributed by atoms with Gasteiger partial charge in [0.2, 0.25) is 0 Å². The second-order valence-corrected chi connectivity index (χ2v) is 6.44. The minimum absolute atomic E-state index is 0.182. The summed E-state index contributed by atoms with van der Waals surface area (Å²) >= 11 is 6.07. The van der Waals surface area contributed by atoms with Crippen LogP contribution >= 0.6 is 11.6 Å². The molecule has 0 radical (unpaired) electrons. The molecule has 0 saturated heterocycles. The SMILES string of the molecule is C[C@H](C(=O)O)N1c2ccc(Cl)cc2[C@@H](C)CC1(C)C. The predicted octanol–water partition coefficient (Wildman–Crippen LogP) is 3.91. The first-order valence-corrected chi connectivity index (χ1v) is 6.93. The molecular formula is C15H20ClNO2. The summed E-state index contributed by atoms with van der Waals surface area (Å²) in [5.74, 6) is -0.426. The Bertz CT molecular complexity index is 513. The maximum Gasteiger partial charge on any atom is 0.326 e. The number of carbonyl (C=O) groups is 1. The van der Waals surface area contributed by atoms with Crippen LogP contribution in [-0.2, 0) is 4.79 Å². The molecule has 1 heterocycles. The Hall–Kier alpha value is -1.22. The van der Waals surface area contributed by atoms with Crippen LogP contribution in [0.2, 0.25) is 5.02 Å². The number of rotatable bonds is 2. The number of hydrogen-bond acceptors (Lipinski definition) is 2. The summed E-state index contributed by atoms with van der Waals surface area (Å²) in [4.78, 5) is 13.4. The van der Waals surface area contributed by atoms with Crippen molar-refractivity contribution in [2.45, 2.75) is 51.6 Å². The topological polar surface area (TPSA) is 40.5 Å². The second kappa shape index (κ2) is 4.71. The Morgan fingerprint density at radius 1 is 1.53 bits per heavy atom. The third-order valence-corrected chi connectivity index (χ3v) is 4.22. The van der Waals surface area contributed by atoms with Gasteiger partial charge in [0.25, 0.3) is 0 Å². The van der Waals surface area contributed by atoms with Crippen molar-refractivity contribution >= 4 is 23.3 Å². The number of halogens is 1. The van der Waals surface area contributed by atoms with Gasteiger partial charge in [0.1, 0.15) is 6.04 Å². The lowest BCUT2D eigenvalue weighted by Gasteiger charge is -2.49. The molecule has 0 aromatic heterocycles. The minimum atomic E-state index is -0.802. The van der Waals surface area contributed by atoms with Crippen LogP contribution in [0.5, 0.6) is 0 Å². The molecule has 3 nitrogen and oxygen atoms in total. The highest BCUT2D eigenvalue weighted by molar-refractivity contribution is 6.30. The summed E-state index contributed by atoms with van der Waals surface area (Å²) < 4.78 is 0. The highest BCUT2D eigenvalue weighted by Gasteiger charge is 2.40. The molecule has 1 aromatic rings. The number of benzene rings is 1. The van der Waals surface area contributed by atoms with Gasteiger partial charge in [-0.05, 0) is 56.9 Å². The third-order valence-electron chi connectivity index (χ3n) is 3.98. The summed E-state index contributed by atoms with van der Waals surface area (Å²) in [5, 5.41) is 10.0. The molecule has 1 aromatic carbocycles. The van der Waals surface area contributed by atoms with Gasteiger partial charge in [-0.15, -0.1) is 0 Å². The van der Waals surface area contributed by atoms with Crippen molar-refractivity contribution < 1.29 is 9.90 Å². The van der Waals surface area contributed by atoms with Crippen molar-refractivity contribution in [2.24, 2.45) is 0 Å². The van der Waals surface area contributed by atoms with Gasteiger partial charge in [0.05, 0.1) is 0 Å². The van der Waals surface area contributed by atoms with E-state index in [2.05, 4.69) is 20.8 Å². The molecule has 0 fully saturated rings.